The van der Waals surface area contributed by atoms with Crippen molar-refractivity contribution in [2.45, 2.75) is 13.8 Å². The molecular weight excluding hydrogens is 184 g/mol. The van der Waals surface area contributed by atoms with Crippen LogP contribution in [0.1, 0.15) is 13.8 Å². The van der Waals surface area contributed by atoms with Gasteiger partial charge in [0.2, 0.25) is 11.9 Å². The molecule has 1 rings (SSSR count). The number of guanidine groups is 1. The van der Waals surface area contributed by atoms with Crippen LogP contribution in [0.2, 0.25) is 0 Å². The quantitative estimate of drug-likeness (QED) is 0.509. The van der Waals surface area contributed by atoms with Gasteiger partial charge in [-0.15, -0.1) is 0 Å². The zero-order chi connectivity index (χ0) is 10.6. The molecule has 6 heteroatoms. The lowest BCUT2D eigenvalue weighted by Gasteiger charge is -2.28. The van der Waals surface area contributed by atoms with Crippen LogP contribution in [0.3, 0.4) is 0 Å². The predicted molar refractivity (Wildman–Crippen MR) is 52.4 cm³/mol. The molecule has 0 aromatic rings. The van der Waals surface area contributed by atoms with E-state index in [1.165, 1.54) is 0 Å². The second-order valence-electron chi connectivity index (χ2n) is 4.04. The van der Waals surface area contributed by atoms with Crippen LogP contribution in [0.4, 0.5) is 0 Å². The van der Waals surface area contributed by atoms with Gasteiger partial charge in [0, 0.05) is 18.5 Å². The largest absolute Gasteiger partial charge is 0.368 e. The Hall–Kier alpha value is -1.30. The maximum Gasteiger partial charge on any atom is 0.246 e. The van der Waals surface area contributed by atoms with Crippen LogP contribution in [0.15, 0.2) is 4.99 Å². The van der Waals surface area contributed by atoms with Gasteiger partial charge in [0.25, 0.3) is 0 Å². The highest BCUT2D eigenvalue weighted by Crippen LogP contribution is 2.15. The zero-order valence-corrected chi connectivity index (χ0v) is 8.46. The minimum absolute atomic E-state index is 0.162. The number of rotatable bonds is 3. The van der Waals surface area contributed by atoms with Gasteiger partial charge in [0.05, 0.1) is 0 Å². The number of hydrogen-bond acceptors (Lipinski definition) is 5. The summed E-state index contributed by atoms with van der Waals surface area (Å²) in [7, 11) is 0. The first-order valence-corrected chi connectivity index (χ1v) is 4.44. The smallest absolute Gasteiger partial charge is 0.246 e. The molecule has 0 radical (unpaired) electrons. The van der Waals surface area contributed by atoms with Crippen LogP contribution in [-0.4, -0.2) is 31.6 Å². The van der Waals surface area contributed by atoms with Gasteiger partial charge >= 0.3 is 0 Å². The van der Waals surface area contributed by atoms with E-state index in [4.69, 9.17) is 10.6 Å². The average Bonchev–Trinajstić information content (AvgIpc) is 2.07. The lowest BCUT2D eigenvalue weighted by Crippen LogP contribution is -2.47. The van der Waals surface area contributed by atoms with Gasteiger partial charge in [-0.1, -0.05) is 13.8 Å². The molecule has 4 N–H and O–H groups in total. The molecule has 0 saturated heterocycles. The Morgan fingerprint density at radius 2 is 2.50 bits per heavy atom. The van der Waals surface area contributed by atoms with Gasteiger partial charge < -0.3 is 11.1 Å². The zero-order valence-electron chi connectivity index (χ0n) is 8.46. The molecule has 1 heterocycles. The predicted octanol–water partition coefficient (Wildman–Crippen LogP) is -1.02. The fourth-order valence-electron chi connectivity index (χ4n) is 0.972. The second-order valence-corrected chi connectivity index (χ2v) is 4.04. The Labute approximate surface area is 82.9 Å². The number of nitrogens with zero attached hydrogens (tertiary/aromatic N) is 1. The molecule has 0 fully saturated rings. The Kier molecular flexibility index (Phi) is 3.29. The van der Waals surface area contributed by atoms with Crippen LogP contribution < -0.4 is 16.5 Å². The fraction of sp³-hybridized carbons (Fsp3) is 0.750. The van der Waals surface area contributed by atoms with E-state index >= 15 is 0 Å². The summed E-state index contributed by atoms with van der Waals surface area (Å²) in [5, 5.41) is 3.04. The van der Waals surface area contributed by atoms with Crippen molar-refractivity contribution in [2.24, 2.45) is 16.1 Å². The number of carbonyl (C=O) groups excluding carboxylic acids is 1. The summed E-state index contributed by atoms with van der Waals surface area (Å²) >= 11 is 0. The molecule has 0 aliphatic carbocycles. The third-order valence-corrected chi connectivity index (χ3v) is 1.78. The summed E-state index contributed by atoms with van der Waals surface area (Å²) in [6.45, 7) is 5.61. The Morgan fingerprint density at radius 3 is 3.00 bits per heavy atom. The Morgan fingerprint density at radius 1 is 1.79 bits per heavy atom. The standard InChI is InChI=1S/C8H16N4O2/c1-8(2)4-10-7(11-5-8)12-14-3-6(9)13/h3-5H2,1-2H3,(H2,9,13)(H2,10,11,12). The number of aliphatic imine (C=N–C) groups is 1. The lowest BCUT2D eigenvalue weighted by molar-refractivity contribution is -0.123. The summed E-state index contributed by atoms with van der Waals surface area (Å²) < 4.78 is 0. The Balaban J connectivity index is 2.27. The SMILES string of the molecule is CC1(C)CN=C(NOCC(N)=O)NC1. The van der Waals surface area contributed by atoms with E-state index in [2.05, 4.69) is 29.6 Å². The molecule has 0 aromatic heterocycles. The molecule has 0 bridgehead atoms. The number of primary amides is 1. The van der Waals surface area contributed by atoms with Crippen LogP contribution >= 0.6 is 0 Å². The van der Waals surface area contributed by atoms with Crippen LogP contribution in [0, 0.1) is 5.41 Å². The van der Waals surface area contributed by atoms with Gasteiger partial charge in [-0.05, 0) is 0 Å². The summed E-state index contributed by atoms with van der Waals surface area (Å²) in [5.74, 6) is 0.0276. The molecule has 0 unspecified atom stereocenters. The first-order valence-electron chi connectivity index (χ1n) is 4.44. The van der Waals surface area contributed by atoms with E-state index < -0.39 is 5.91 Å². The fourth-order valence-corrected chi connectivity index (χ4v) is 0.972. The average molecular weight is 200 g/mol. The maximum absolute atomic E-state index is 10.3. The van der Waals surface area contributed by atoms with E-state index in [1.807, 2.05) is 0 Å². The van der Waals surface area contributed by atoms with E-state index in [9.17, 15) is 4.79 Å². The van der Waals surface area contributed by atoms with E-state index in [0.29, 0.717) is 5.96 Å². The minimum atomic E-state index is -0.519. The van der Waals surface area contributed by atoms with Crippen molar-refractivity contribution in [1.29, 1.82) is 0 Å². The summed E-state index contributed by atoms with van der Waals surface area (Å²) in [4.78, 5) is 19.3. The molecular formula is C8H16N4O2. The monoisotopic (exact) mass is 200 g/mol. The van der Waals surface area contributed by atoms with Crippen molar-refractivity contribution in [1.82, 2.24) is 10.8 Å². The van der Waals surface area contributed by atoms with E-state index in [0.717, 1.165) is 13.1 Å². The highest BCUT2D eigenvalue weighted by molar-refractivity contribution is 5.80. The van der Waals surface area contributed by atoms with Gasteiger partial charge in [0.15, 0.2) is 6.61 Å². The van der Waals surface area contributed by atoms with Crippen LogP contribution in [0.5, 0.6) is 0 Å². The number of hydrogen-bond donors (Lipinski definition) is 3. The van der Waals surface area contributed by atoms with Gasteiger partial charge in [-0.3, -0.25) is 14.6 Å². The minimum Gasteiger partial charge on any atom is -0.368 e. The third kappa shape index (κ3) is 3.61. The van der Waals surface area contributed by atoms with Crippen LogP contribution in [0.25, 0.3) is 0 Å². The van der Waals surface area contributed by atoms with Crippen molar-refractivity contribution in [2.75, 3.05) is 19.7 Å². The molecule has 0 atom stereocenters. The molecule has 80 valence electrons. The molecule has 1 aliphatic heterocycles. The number of nitrogens with two attached hydrogens (primary N) is 1. The highest BCUT2D eigenvalue weighted by Gasteiger charge is 2.22. The summed E-state index contributed by atoms with van der Waals surface area (Å²) in [6.07, 6.45) is 0. The normalized spacial score (nSPS) is 19.4. The van der Waals surface area contributed by atoms with Crippen molar-refractivity contribution < 1.29 is 9.63 Å². The molecule has 1 amide bonds. The number of hydroxylamine groups is 1. The number of nitrogens with one attached hydrogen (secondary N) is 2. The first-order chi connectivity index (χ1) is 6.49. The summed E-state index contributed by atoms with van der Waals surface area (Å²) in [6, 6.07) is 0. The van der Waals surface area contributed by atoms with Crippen LogP contribution in [-0.2, 0) is 9.63 Å². The maximum atomic E-state index is 10.3. The second kappa shape index (κ2) is 4.28. The summed E-state index contributed by atoms with van der Waals surface area (Å²) in [5.41, 5.74) is 7.58. The van der Waals surface area contributed by atoms with Gasteiger partial charge in [-0.2, -0.15) is 0 Å². The Bertz CT molecular complexity index is 250. The van der Waals surface area contributed by atoms with Gasteiger partial charge in [0.1, 0.15) is 0 Å². The molecule has 0 saturated carbocycles. The van der Waals surface area contributed by atoms with Crippen molar-refractivity contribution in [3.63, 3.8) is 0 Å². The van der Waals surface area contributed by atoms with Crippen molar-refractivity contribution in [3.05, 3.63) is 0 Å². The number of carbonyl (C=O) groups is 1. The van der Waals surface area contributed by atoms with E-state index in [1.54, 1.807) is 0 Å². The molecule has 14 heavy (non-hydrogen) atoms. The van der Waals surface area contributed by atoms with E-state index in [-0.39, 0.29) is 12.0 Å². The highest BCUT2D eigenvalue weighted by atomic mass is 16.6. The molecule has 1 aliphatic rings. The molecule has 0 spiro atoms. The molecule has 0 aromatic carbocycles. The van der Waals surface area contributed by atoms with Gasteiger partial charge in [-0.25, -0.2) is 5.48 Å². The first kappa shape index (κ1) is 10.8. The van der Waals surface area contributed by atoms with Crippen molar-refractivity contribution >= 4 is 11.9 Å². The lowest BCUT2D eigenvalue weighted by atomic mass is 9.93. The third-order valence-electron chi connectivity index (χ3n) is 1.78. The van der Waals surface area contributed by atoms with Crippen molar-refractivity contribution in [3.8, 4) is 0 Å². The molecule has 6 nitrogen and oxygen atoms in total. The number of amides is 1. The topological polar surface area (TPSA) is 88.7 Å².